The van der Waals surface area contributed by atoms with Gasteiger partial charge in [-0.2, -0.15) is 26.3 Å². The molecule has 1 nitrogen and oxygen atoms in total. The fourth-order valence-corrected chi connectivity index (χ4v) is 3.45. The van der Waals surface area contributed by atoms with Crippen molar-refractivity contribution in [3.8, 4) is 0 Å². The molecule has 0 saturated heterocycles. The van der Waals surface area contributed by atoms with Crippen LogP contribution in [0, 0.1) is 0 Å². The van der Waals surface area contributed by atoms with E-state index < -0.39 is 31.8 Å². The predicted molar refractivity (Wildman–Crippen MR) is 78.7 cm³/mol. The Morgan fingerprint density at radius 3 is 1.74 bits per heavy atom. The maximum atomic E-state index is 12.7. The lowest BCUT2D eigenvalue weighted by Crippen LogP contribution is -2.27. The van der Waals surface area contributed by atoms with Gasteiger partial charge in [-0.25, -0.2) is 0 Å². The lowest BCUT2D eigenvalue weighted by Gasteiger charge is -2.19. The molecule has 0 fully saturated rings. The zero-order chi connectivity index (χ0) is 17.9. The first-order chi connectivity index (χ1) is 10.3. The van der Waals surface area contributed by atoms with Crippen LogP contribution in [0.1, 0.15) is 29.5 Å². The summed E-state index contributed by atoms with van der Waals surface area (Å²) in [5.41, 5.74) is -2.45. The van der Waals surface area contributed by atoms with Gasteiger partial charge in [-0.3, -0.25) is 0 Å². The van der Waals surface area contributed by atoms with E-state index in [-0.39, 0.29) is 18.1 Å². The molecule has 0 aliphatic carbocycles. The number of halogens is 6. The van der Waals surface area contributed by atoms with Crippen LogP contribution in [0.3, 0.4) is 0 Å². The summed E-state index contributed by atoms with van der Waals surface area (Å²) in [6.45, 7) is 4.03. The Morgan fingerprint density at radius 2 is 1.35 bits per heavy atom. The molecule has 0 N–H and O–H groups in total. The van der Waals surface area contributed by atoms with Gasteiger partial charge in [0.05, 0.1) is 11.1 Å². The van der Waals surface area contributed by atoms with Crippen molar-refractivity contribution in [2.24, 2.45) is 0 Å². The lowest BCUT2D eigenvalue weighted by atomic mass is 10.0. The van der Waals surface area contributed by atoms with Gasteiger partial charge in [0.25, 0.3) is 0 Å². The van der Waals surface area contributed by atoms with Gasteiger partial charge in [-0.05, 0) is 55.7 Å². The number of rotatable bonds is 6. The first-order valence-electron chi connectivity index (χ1n) is 7.19. The van der Waals surface area contributed by atoms with Gasteiger partial charge >= 0.3 is 12.4 Å². The van der Waals surface area contributed by atoms with E-state index in [1.807, 2.05) is 13.1 Å². The number of hydrogen-bond acceptors (Lipinski definition) is 1. The van der Waals surface area contributed by atoms with Crippen LogP contribution in [0.5, 0.6) is 0 Å². The third kappa shape index (κ3) is 6.54. The lowest BCUT2D eigenvalue weighted by molar-refractivity contribution is -0.143. The molecule has 0 unspecified atom stereocenters. The average molecular weight is 358 g/mol. The monoisotopic (exact) mass is 358 g/mol. The predicted octanol–water partition coefficient (Wildman–Crippen LogP) is 5.90. The summed E-state index contributed by atoms with van der Waals surface area (Å²) in [7, 11) is -0.137. The van der Waals surface area contributed by atoms with Crippen molar-refractivity contribution in [3.63, 3.8) is 0 Å². The summed E-state index contributed by atoms with van der Waals surface area (Å²) >= 11 is 0. The molecule has 23 heavy (non-hydrogen) atoms. The van der Waals surface area contributed by atoms with Gasteiger partial charge in [0.15, 0.2) is 8.32 Å². The van der Waals surface area contributed by atoms with Gasteiger partial charge in [0, 0.05) is 7.11 Å². The summed E-state index contributed by atoms with van der Waals surface area (Å²) in [6, 6.07) is 2.57. The van der Waals surface area contributed by atoms with Crippen LogP contribution in [0.15, 0.2) is 18.2 Å². The molecule has 132 valence electrons. The van der Waals surface area contributed by atoms with Crippen LogP contribution in [0.25, 0.3) is 0 Å². The molecule has 8 heteroatoms. The molecule has 0 aromatic heterocycles. The molecule has 0 amide bonds. The van der Waals surface area contributed by atoms with E-state index in [4.69, 9.17) is 4.43 Å². The van der Waals surface area contributed by atoms with Crippen molar-refractivity contribution in [2.75, 3.05) is 7.11 Å². The van der Waals surface area contributed by atoms with E-state index in [0.717, 1.165) is 18.2 Å². The van der Waals surface area contributed by atoms with Crippen molar-refractivity contribution < 1.29 is 30.8 Å². The molecule has 0 radical (unpaired) electrons. The Labute approximate surface area is 132 Å². The molecule has 1 aromatic carbocycles. The van der Waals surface area contributed by atoms with E-state index in [9.17, 15) is 26.3 Å². The van der Waals surface area contributed by atoms with Crippen LogP contribution in [0.2, 0.25) is 19.1 Å². The Hall–Kier alpha value is -1.02. The van der Waals surface area contributed by atoms with E-state index >= 15 is 0 Å². The molecule has 1 rings (SSSR count). The summed E-state index contributed by atoms with van der Waals surface area (Å²) < 4.78 is 81.8. The molecule has 0 saturated carbocycles. The average Bonchev–Trinajstić information content (AvgIpc) is 2.41. The van der Waals surface area contributed by atoms with Gasteiger partial charge < -0.3 is 4.43 Å². The van der Waals surface area contributed by atoms with Crippen molar-refractivity contribution >= 4 is 8.32 Å². The highest BCUT2D eigenvalue weighted by Crippen LogP contribution is 2.36. The highest BCUT2D eigenvalue weighted by atomic mass is 28.4. The molecular weight excluding hydrogens is 338 g/mol. The van der Waals surface area contributed by atoms with Gasteiger partial charge in [-0.1, -0.05) is 6.42 Å². The zero-order valence-corrected chi connectivity index (χ0v) is 14.2. The maximum absolute atomic E-state index is 12.7. The van der Waals surface area contributed by atoms with Crippen LogP contribution in [0.4, 0.5) is 26.3 Å². The second kappa shape index (κ2) is 7.25. The van der Waals surface area contributed by atoms with Crippen molar-refractivity contribution in [1.29, 1.82) is 0 Å². The topological polar surface area (TPSA) is 9.23 Å². The second-order valence-corrected chi connectivity index (χ2v) is 10.5. The Balaban J connectivity index is 2.86. The van der Waals surface area contributed by atoms with Crippen LogP contribution < -0.4 is 0 Å². The molecule has 0 atom stereocenters. The molecule has 0 heterocycles. The molecule has 0 spiro atoms. The van der Waals surface area contributed by atoms with Crippen molar-refractivity contribution in [3.05, 3.63) is 34.9 Å². The number of benzene rings is 1. The maximum Gasteiger partial charge on any atom is 0.416 e. The minimum Gasteiger partial charge on any atom is -0.420 e. The minimum absolute atomic E-state index is 0.0593. The first-order valence-corrected chi connectivity index (χ1v) is 10.3. The molecule has 0 bridgehead atoms. The smallest absolute Gasteiger partial charge is 0.416 e. The van der Waals surface area contributed by atoms with Crippen molar-refractivity contribution in [1.82, 2.24) is 0 Å². The van der Waals surface area contributed by atoms with Crippen LogP contribution in [-0.2, 0) is 23.2 Å². The largest absolute Gasteiger partial charge is 0.420 e. The number of alkyl halides is 6. The highest BCUT2D eigenvalue weighted by molar-refractivity contribution is 6.71. The van der Waals surface area contributed by atoms with Crippen molar-refractivity contribution in [2.45, 2.75) is 50.8 Å². The summed E-state index contributed by atoms with van der Waals surface area (Å²) in [5, 5.41) is 0. The zero-order valence-electron chi connectivity index (χ0n) is 13.2. The molecule has 1 aromatic rings. The summed E-state index contributed by atoms with van der Waals surface area (Å²) in [6.07, 6.45) is -8.16. The minimum atomic E-state index is -4.79. The highest BCUT2D eigenvalue weighted by Gasteiger charge is 2.36. The third-order valence-electron chi connectivity index (χ3n) is 3.69. The number of unbranched alkanes of at least 4 members (excludes halogenated alkanes) is 1. The Kier molecular flexibility index (Phi) is 6.31. The first kappa shape index (κ1) is 20.0. The molecular formula is C15H20F6OSi. The molecule has 0 aliphatic heterocycles. The van der Waals surface area contributed by atoms with Gasteiger partial charge in [-0.15, -0.1) is 0 Å². The fourth-order valence-electron chi connectivity index (χ4n) is 2.15. The van der Waals surface area contributed by atoms with E-state index in [2.05, 4.69) is 0 Å². The quantitative estimate of drug-likeness (QED) is 0.350. The Morgan fingerprint density at radius 1 is 0.870 bits per heavy atom. The standard InChI is InChI=1S/C15H20F6OSi/c1-22-23(2,3)7-5-4-6-11-8-12(14(16,17)18)10-13(9-11)15(19,20)21/h8-10H,4-7H2,1-3H3. The second-order valence-electron chi connectivity index (χ2n) is 6.09. The van der Waals surface area contributed by atoms with E-state index in [1.165, 1.54) is 0 Å². The summed E-state index contributed by atoms with van der Waals surface area (Å²) in [4.78, 5) is 0. The van der Waals surface area contributed by atoms with E-state index in [0.29, 0.717) is 12.8 Å². The molecule has 0 aliphatic rings. The van der Waals surface area contributed by atoms with Crippen LogP contribution >= 0.6 is 0 Å². The summed E-state index contributed by atoms with van der Waals surface area (Å²) in [5.74, 6) is 0. The van der Waals surface area contributed by atoms with Gasteiger partial charge in [0.1, 0.15) is 0 Å². The fraction of sp³-hybridized carbons (Fsp3) is 0.600. The van der Waals surface area contributed by atoms with Gasteiger partial charge in [0.2, 0.25) is 0 Å². The van der Waals surface area contributed by atoms with E-state index in [1.54, 1.807) is 7.11 Å². The van der Waals surface area contributed by atoms with Crippen LogP contribution in [-0.4, -0.2) is 15.4 Å². The number of aryl methyl sites for hydroxylation is 1. The SMILES string of the molecule is CO[Si](C)(C)CCCCc1cc(C(F)(F)F)cc(C(F)(F)F)c1. The normalized spacial score (nSPS) is 13.4. The third-order valence-corrected chi connectivity index (χ3v) is 6.36. The number of hydrogen-bond donors (Lipinski definition) is 0. The Bertz CT molecular complexity index is 489.